The Bertz CT molecular complexity index is 679. The number of rotatable bonds is 6. The Balaban J connectivity index is 1.70. The van der Waals surface area contributed by atoms with Crippen LogP contribution in [0.4, 0.5) is 5.95 Å². The highest BCUT2D eigenvalue weighted by atomic mass is 16.2. The second kappa shape index (κ2) is 8.05. The standard InChI is InChI=1S/C19H25N5O/c1-20-17(25)19(8-2-6-16-7-3-10-21-14-16)9-4-13-24(15-19)18-22-11-5-12-23-18/h3,5,7,10-12,14H,2,4,6,8-9,13,15H2,1H3,(H,20,25)/t19-/m0/s1. The Hall–Kier alpha value is -2.50. The number of amides is 1. The van der Waals surface area contributed by atoms with Gasteiger partial charge in [0.1, 0.15) is 0 Å². The summed E-state index contributed by atoms with van der Waals surface area (Å²) in [6.45, 7) is 1.56. The molecule has 3 heterocycles. The van der Waals surface area contributed by atoms with Gasteiger partial charge in [0.05, 0.1) is 5.41 Å². The van der Waals surface area contributed by atoms with Crippen LogP contribution in [-0.4, -0.2) is 41.0 Å². The van der Waals surface area contributed by atoms with Crippen LogP contribution in [-0.2, 0) is 11.2 Å². The first-order valence-corrected chi connectivity index (χ1v) is 8.87. The zero-order valence-electron chi connectivity index (χ0n) is 14.7. The molecule has 1 aliphatic rings. The third-order valence-corrected chi connectivity index (χ3v) is 4.96. The van der Waals surface area contributed by atoms with E-state index in [2.05, 4.69) is 31.2 Å². The van der Waals surface area contributed by atoms with Gasteiger partial charge >= 0.3 is 0 Å². The molecule has 1 aliphatic heterocycles. The maximum atomic E-state index is 12.7. The lowest BCUT2D eigenvalue weighted by Gasteiger charge is -2.41. The fourth-order valence-electron chi connectivity index (χ4n) is 3.70. The van der Waals surface area contributed by atoms with Crippen molar-refractivity contribution in [3.63, 3.8) is 0 Å². The molecule has 0 saturated carbocycles. The van der Waals surface area contributed by atoms with Crippen LogP contribution in [0.3, 0.4) is 0 Å². The first-order valence-electron chi connectivity index (χ1n) is 8.87. The van der Waals surface area contributed by atoms with E-state index in [4.69, 9.17) is 0 Å². The van der Waals surface area contributed by atoms with Gasteiger partial charge in [-0.15, -0.1) is 0 Å². The van der Waals surface area contributed by atoms with Gasteiger partial charge in [0.2, 0.25) is 11.9 Å². The number of hydrogen-bond donors (Lipinski definition) is 1. The highest BCUT2D eigenvalue weighted by Crippen LogP contribution is 2.36. The Kier molecular flexibility index (Phi) is 5.58. The fourth-order valence-corrected chi connectivity index (χ4v) is 3.70. The minimum absolute atomic E-state index is 0.124. The third kappa shape index (κ3) is 4.13. The number of carbonyl (C=O) groups excluding carboxylic acids is 1. The normalized spacial score (nSPS) is 20.3. The number of pyridine rings is 1. The molecule has 2 aromatic rings. The number of piperidine rings is 1. The molecule has 0 aromatic carbocycles. The summed E-state index contributed by atoms with van der Waals surface area (Å²) in [6, 6.07) is 5.86. The van der Waals surface area contributed by atoms with Crippen LogP contribution in [0.25, 0.3) is 0 Å². The van der Waals surface area contributed by atoms with E-state index < -0.39 is 0 Å². The minimum Gasteiger partial charge on any atom is -0.359 e. The van der Waals surface area contributed by atoms with Crippen molar-refractivity contribution in [1.82, 2.24) is 20.3 Å². The van der Waals surface area contributed by atoms with E-state index in [0.717, 1.165) is 38.6 Å². The quantitative estimate of drug-likeness (QED) is 0.874. The maximum Gasteiger partial charge on any atom is 0.227 e. The summed E-state index contributed by atoms with van der Waals surface area (Å²) >= 11 is 0. The highest BCUT2D eigenvalue weighted by molar-refractivity contribution is 5.83. The second-order valence-electron chi connectivity index (χ2n) is 6.65. The van der Waals surface area contributed by atoms with Gasteiger partial charge in [0.15, 0.2) is 0 Å². The van der Waals surface area contributed by atoms with Crippen LogP contribution in [0, 0.1) is 5.41 Å². The summed E-state index contributed by atoms with van der Waals surface area (Å²) in [5.74, 6) is 0.835. The lowest BCUT2D eigenvalue weighted by Crippen LogP contribution is -2.52. The van der Waals surface area contributed by atoms with Crippen LogP contribution in [0.2, 0.25) is 0 Å². The van der Waals surface area contributed by atoms with Gasteiger partial charge in [0.25, 0.3) is 0 Å². The zero-order chi connectivity index (χ0) is 17.5. The molecule has 6 nitrogen and oxygen atoms in total. The predicted octanol–water partition coefficient (Wildman–Crippen LogP) is 2.23. The SMILES string of the molecule is CNC(=O)[C@@]1(CCCc2cccnc2)CCCN(c2ncccn2)C1. The van der Waals surface area contributed by atoms with Crippen LogP contribution >= 0.6 is 0 Å². The minimum atomic E-state index is -0.381. The Morgan fingerprint density at radius 1 is 1.28 bits per heavy atom. The smallest absolute Gasteiger partial charge is 0.227 e. The van der Waals surface area contributed by atoms with Gasteiger partial charge < -0.3 is 10.2 Å². The molecule has 1 fully saturated rings. The first kappa shape index (κ1) is 17.3. The lowest BCUT2D eigenvalue weighted by molar-refractivity contribution is -0.131. The van der Waals surface area contributed by atoms with Crippen LogP contribution in [0.5, 0.6) is 0 Å². The number of aromatic nitrogens is 3. The molecule has 1 N–H and O–H groups in total. The summed E-state index contributed by atoms with van der Waals surface area (Å²) in [5, 5.41) is 2.88. The number of carbonyl (C=O) groups is 1. The van der Waals surface area contributed by atoms with E-state index in [9.17, 15) is 4.79 Å². The maximum absolute atomic E-state index is 12.7. The molecule has 1 saturated heterocycles. The second-order valence-corrected chi connectivity index (χ2v) is 6.65. The Morgan fingerprint density at radius 3 is 2.84 bits per heavy atom. The molecule has 6 heteroatoms. The molecule has 1 amide bonds. The van der Waals surface area contributed by atoms with Crippen LogP contribution in [0.15, 0.2) is 43.0 Å². The summed E-state index contributed by atoms with van der Waals surface area (Å²) in [4.78, 5) is 27.7. The fraction of sp³-hybridized carbons (Fsp3) is 0.474. The van der Waals surface area contributed by atoms with E-state index in [1.54, 1.807) is 25.6 Å². The third-order valence-electron chi connectivity index (χ3n) is 4.96. The molecule has 0 spiro atoms. The van der Waals surface area contributed by atoms with Crippen molar-refractivity contribution in [3.8, 4) is 0 Å². The van der Waals surface area contributed by atoms with Gasteiger partial charge in [-0.2, -0.15) is 0 Å². The predicted molar refractivity (Wildman–Crippen MR) is 97.2 cm³/mol. The van der Waals surface area contributed by atoms with Crippen molar-refractivity contribution in [1.29, 1.82) is 0 Å². The van der Waals surface area contributed by atoms with E-state index in [1.807, 2.05) is 18.3 Å². The van der Waals surface area contributed by atoms with E-state index in [-0.39, 0.29) is 11.3 Å². The molecule has 0 unspecified atom stereocenters. The molecular weight excluding hydrogens is 314 g/mol. The van der Waals surface area contributed by atoms with Crippen molar-refractivity contribution in [2.45, 2.75) is 32.1 Å². The van der Waals surface area contributed by atoms with Crippen LogP contribution < -0.4 is 10.2 Å². The monoisotopic (exact) mass is 339 g/mol. The summed E-state index contributed by atoms with van der Waals surface area (Å²) in [6.07, 6.45) is 11.8. The molecule has 132 valence electrons. The van der Waals surface area contributed by atoms with Crippen molar-refractivity contribution >= 4 is 11.9 Å². The van der Waals surface area contributed by atoms with Crippen molar-refractivity contribution in [2.24, 2.45) is 5.41 Å². The Labute approximate surface area is 148 Å². The molecule has 0 bridgehead atoms. The number of nitrogens with zero attached hydrogens (tertiary/aromatic N) is 4. The van der Waals surface area contributed by atoms with Gasteiger partial charge in [-0.1, -0.05) is 6.07 Å². The van der Waals surface area contributed by atoms with Gasteiger partial charge in [-0.25, -0.2) is 9.97 Å². The van der Waals surface area contributed by atoms with E-state index in [1.165, 1.54) is 5.56 Å². The van der Waals surface area contributed by atoms with Crippen molar-refractivity contribution in [3.05, 3.63) is 48.5 Å². The molecule has 1 atom stereocenters. The summed E-state index contributed by atoms with van der Waals surface area (Å²) in [7, 11) is 1.73. The molecule has 25 heavy (non-hydrogen) atoms. The number of nitrogens with one attached hydrogen (secondary N) is 1. The topological polar surface area (TPSA) is 71.0 Å². The average Bonchev–Trinajstić information content (AvgIpc) is 2.69. The van der Waals surface area contributed by atoms with Crippen molar-refractivity contribution in [2.75, 3.05) is 25.0 Å². The van der Waals surface area contributed by atoms with Gasteiger partial charge in [-0.05, 0) is 49.8 Å². The zero-order valence-corrected chi connectivity index (χ0v) is 14.7. The van der Waals surface area contributed by atoms with E-state index >= 15 is 0 Å². The average molecular weight is 339 g/mol. The van der Waals surface area contributed by atoms with E-state index in [0.29, 0.717) is 12.5 Å². The summed E-state index contributed by atoms with van der Waals surface area (Å²) < 4.78 is 0. The number of hydrogen-bond acceptors (Lipinski definition) is 5. The molecular formula is C19H25N5O. The largest absolute Gasteiger partial charge is 0.359 e. The highest BCUT2D eigenvalue weighted by Gasteiger charge is 2.41. The van der Waals surface area contributed by atoms with Gasteiger partial charge in [-0.3, -0.25) is 9.78 Å². The molecule has 0 aliphatic carbocycles. The lowest BCUT2D eigenvalue weighted by atomic mass is 9.75. The van der Waals surface area contributed by atoms with Gasteiger partial charge in [0, 0.05) is 44.9 Å². The Morgan fingerprint density at radius 2 is 2.12 bits per heavy atom. The summed E-state index contributed by atoms with van der Waals surface area (Å²) in [5.41, 5.74) is 0.836. The molecule has 3 rings (SSSR count). The van der Waals surface area contributed by atoms with Crippen LogP contribution in [0.1, 0.15) is 31.2 Å². The molecule has 2 aromatic heterocycles. The van der Waals surface area contributed by atoms with Crippen molar-refractivity contribution < 1.29 is 4.79 Å². The first-order chi connectivity index (χ1) is 12.2. The number of anilines is 1. The molecule has 0 radical (unpaired) electrons. The number of aryl methyl sites for hydroxylation is 1.